The number of aromatic nitrogens is 3. The molecule has 0 spiro atoms. The molecule has 1 saturated heterocycles. The van der Waals surface area contributed by atoms with Crippen molar-refractivity contribution in [2.45, 2.75) is 19.5 Å². The first-order valence-electron chi connectivity index (χ1n) is 7.55. The number of nitrogens with zero attached hydrogens (tertiary/aromatic N) is 4. The first-order chi connectivity index (χ1) is 11.2. The fourth-order valence-corrected chi connectivity index (χ4v) is 2.38. The molecule has 23 heavy (non-hydrogen) atoms. The molecule has 0 radical (unpaired) electrons. The van der Waals surface area contributed by atoms with E-state index in [9.17, 15) is 4.79 Å². The summed E-state index contributed by atoms with van der Waals surface area (Å²) in [7, 11) is 0. The third-order valence-electron chi connectivity index (χ3n) is 3.67. The molecule has 122 valence electrons. The van der Waals surface area contributed by atoms with Gasteiger partial charge in [0.05, 0.1) is 31.5 Å². The highest BCUT2D eigenvalue weighted by Crippen LogP contribution is 2.12. The number of carbonyl (C=O) groups is 1. The average molecular weight is 317 g/mol. The fraction of sp³-hybridized carbons (Fsp3) is 0.467. The highest BCUT2D eigenvalue weighted by Gasteiger charge is 2.18. The molecule has 8 nitrogen and oxygen atoms in total. The minimum atomic E-state index is -0.284. The van der Waals surface area contributed by atoms with E-state index in [0.29, 0.717) is 12.3 Å². The van der Waals surface area contributed by atoms with Gasteiger partial charge in [-0.15, -0.1) is 0 Å². The molecule has 8 heteroatoms. The zero-order chi connectivity index (χ0) is 16.1. The molecular weight excluding hydrogens is 298 g/mol. The van der Waals surface area contributed by atoms with Crippen LogP contribution in [0.3, 0.4) is 0 Å². The van der Waals surface area contributed by atoms with Gasteiger partial charge in [-0.25, -0.2) is 9.97 Å². The molecule has 2 aromatic heterocycles. The minimum absolute atomic E-state index is 0.232. The third-order valence-corrected chi connectivity index (χ3v) is 3.67. The van der Waals surface area contributed by atoms with Gasteiger partial charge in [0.15, 0.2) is 11.5 Å². The number of amides is 1. The quantitative estimate of drug-likeness (QED) is 0.871. The predicted molar refractivity (Wildman–Crippen MR) is 80.5 cm³/mol. The van der Waals surface area contributed by atoms with E-state index in [1.54, 1.807) is 18.3 Å². The Balaban J connectivity index is 1.57. The van der Waals surface area contributed by atoms with Crippen LogP contribution >= 0.6 is 0 Å². The summed E-state index contributed by atoms with van der Waals surface area (Å²) in [5, 5.41) is 6.69. The Hall–Kier alpha value is -2.32. The Morgan fingerprint density at radius 1 is 1.43 bits per heavy atom. The molecule has 1 aliphatic rings. The Bertz CT molecular complexity index is 640. The van der Waals surface area contributed by atoms with Crippen molar-refractivity contribution in [2.24, 2.45) is 0 Å². The van der Waals surface area contributed by atoms with Crippen LogP contribution in [0.2, 0.25) is 0 Å². The molecule has 3 rings (SSSR count). The topological polar surface area (TPSA) is 93.4 Å². The maximum Gasteiger partial charge on any atom is 0.273 e. The van der Waals surface area contributed by atoms with Crippen LogP contribution in [0.5, 0.6) is 0 Å². The molecule has 3 heterocycles. The van der Waals surface area contributed by atoms with Gasteiger partial charge in [-0.3, -0.25) is 9.69 Å². The summed E-state index contributed by atoms with van der Waals surface area (Å²) >= 11 is 0. The van der Waals surface area contributed by atoms with Crippen molar-refractivity contribution in [2.75, 3.05) is 26.3 Å². The summed E-state index contributed by atoms with van der Waals surface area (Å²) in [5.41, 5.74) is 1.01. The van der Waals surface area contributed by atoms with E-state index in [2.05, 4.69) is 25.3 Å². The van der Waals surface area contributed by atoms with Crippen LogP contribution in [0, 0.1) is 0 Å². The highest BCUT2D eigenvalue weighted by molar-refractivity contribution is 5.92. The molecule has 1 unspecified atom stereocenters. The number of nitrogens with one attached hydrogen (secondary N) is 1. The Morgan fingerprint density at radius 2 is 2.26 bits per heavy atom. The summed E-state index contributed by atoms with van der Waals surface area (Å²) in [6, 6.07) is 3.21. The average Bonchev–Trinajstić information content (AvgIpc) is 3.05. The molecule has 1 fully saturated rings. The summed E-state index contributed by atoms with van der Waals surface area (Å²) in [6.07, 6.45) is 3.09. The molecule has 0 aliphatic carbocycles. The third kappa shape index (κ3) is 4.11. The number of carbonyl (C=O) groups excluding carboxylic acids is 1. The zero-order valence-corrected chi connectivity index (χ0v) is 12.9. The summed E-state index contributed by atoms with van der Waals surface area (Å²) in [4.78, 5) is 22.4. The van der Waals surface area contributed by atoms with E-state index in [-0.39, 0.29) is 17.6 Å². The zero-order valence-electron chi connectivity index (χ0n) is 12.9. The monoisotopic (exact) mass is 317 g/mol. The number of morpholine rings is 1. The standard InChI is InChI=1S/C15H19N5O3/c1-11(13-2-3-16-10-17-13)18-15(21)14-8-12(23-19-14)9-20-4-6-22-7-5-20/h2-3,8,10-11H,4-7,9H2,1H3,(H,18,21). The highest BCUT2D eigenvalue weighted by atomic mass is 16.5. The van der Waals surface area contributed by atoms with E-state index in [1.807, 2.05) is 6.92 Å². The van der Waals surface area contributed by atoms with E-state index >= 15 is 0 Å². The smallest absolute Gasteiger partial charge is 0.273 e. The minimum Gasteiger partial charge on any atom is -0.379 e. The van der Waals surface area contributed by atoms with Gasteiger partial charge in [-0.2, -0.15) is 0 Å². The van der Waals surface area contributed by atoms with Crippen molar-refractivity contribution in [1.82, 2.24) is 25.3 Å². The van der Waals surface area contributed by atoms with Crippen LogP contribution in [0.25, 0.3) is 0 Å². The molecular formula is C15H19N5O3. The van der Waals surface area contributed by atoms with E-state index in [0.717, 1.165) is 32.0 Å². The van der Waals surface area contributed by atoms with E-state index < -0.39 is 0 Å². The Kier molecular flexibility index (Phi) is 4.94. The van der Waals surface area contributed by atoms with Gasteiger partial charge in [0.25, 0.3) is 5.91 Å². The summed E-state index contributed by atoms with van der Waals surface area (Å²) in [6.45, 7) is 5.63. The molecule has 2 aromatic rings. The number of hydrogen-bond acceptors (Lipinski definition) is 7. The second kappa shape index (κ2) is 7.30. The molecule has 1 aliphatic heterocycles. The Morgan fingerprint density at radius 3 is 3.00 bits per heavy atom. The first kappa shape index (κ1) is 15.6. The largest absolute Gasteiger partial charge is 0.379 e. The fourth-order valence-electron chi connectivity index (χ4n) is 2.38. The van der Waals surface area contributed by atoms with Crippen molar-refractivity contribution in [3.8, 4) is 0 Å². The molecule has 1 atom stereocenters. The van der Waals surface area contributed by atoms with Gasteiger partial charge < -0.3 is 14.6 Å². The van der Waals surface area contributed by atoms with E-state index in [1.165, 1.54) is 6.33 Å². The predicted octanol–water partition coefficient (Wildman–Crippen LogP) is 0.788. The van der Waals surface area contributed by atoms with Crippen LogP contribution in [0.4, 0.5) is 0 Å². The van der Waals surface area contributed by atoms with Gasteiger partial charge in [-0.05, 0) is 13.0 Å². The van der Waals surface area contributed by atoms with Crippen molar-refractivity contribution >= 4 is 5.91 Å². The van der Waals surface area contributed by atoms with Gasteiger partial charge in [0.1, 0.15) is 6.33 Å². The molecule has 0 saturated carbocycles. The van der Waals surface area contributed by atoms with Crippen molar-refractivity contribution in [3.63, 3.8) is 0 Å². The van der Waals surface area contributed by atoms with Crippen molar-refractivity contribution in [1.29, 1.82) is 0 Å². The number of hydrogen-bond donors (Lipinski definition) is 1. The van der Waals surface area contributed by atoms with Crippen molar-refractivity contribution in [3.05, 3.63) is 41.8 Å². The molecule has 1 amide bonds. The van der Waals surface area contributed by atoms with Crippen LogP contribution < -0.4 is 5.32 Å². The van der Waals surface area contributed by atoms with E-state index in [4.69, 9.17) is 9.26 Å². The van der Waals surface area contributed by atoms with Crippen LogP contribution in [0.15, 0.2) is 29.2 Å². The van der Waals surface area contributed by atoms with Gasteiger partial charge in [0.2, 0.25) is 0 Å². The van der Waals surface area contributed by atoms with Crippen LogP contribution in [-0.2, 0) is 11.3 Å². The normalized spacial score (nSPS) is 16.9. The van der Waals surface area contributed by atoms with Gasteiger partial charge in [-0.1, -0.05) is 5.16 Å². The van der Waals surface area contributed by atoms with Crippen LogP contribution in [0.1, 0.15) is 34.9 Å². The first-order valence-corrected chi connectivity index (χ1v) is 7.55. The van der Waals surface area contributed by atoms with Gasteiger partial charge >= 0.3 is 0 Å². The lowest BCUT2D eigenvalue weighted by Crippen LogP contribution is -2.35. The van der Waals surface area contributed by atoms with Crippen molar-refractivity contribution < 1.29 is 14.1 Å². The Labute approximate surface area is 133 Å². The summed E-state index contributed by atoms with van der Waals surface area (Å²) in [5.74, 6) is 0.389. The van der Waals surface area contributed by atoms with Crippen LogP contribution in [-0.4, -0.2) is 52.2 Å². The molecule has 1 N–H and O–H groups in total. The molecule has 0 bridgehead atoms. The number of ether oxygens (including phenoxy) is 1. The lowest BCUT2D eigenvalue weighted by atomic mass is 10.2. The lowest BCUT2D eigenvalue weighted by molar-refractivity contribution is 0.0305. The SMILES string of the molecule is CC(NC(=O)c1cc(CN2CCOCC2)on1)c1ccncn1. The summed E-state index contributed by atoms with van der Waals surface area (Å²) < 4.78 is 10.6. The lowest BCUT2D eigenvalue weighted by Gasteiger charge is -2.25. The number of rotatable bonds is 5. The maximum absolute atomic E-state index is 12.2. The molecule has 0 aromatic carbocycles. The maximum atomic E-state index is 12.2. The second-order valence-electron chi connectivity index (χ2n) is 5.40. The second-order valence-corrected chi connectivity index (χ2v) is 5.40. The van der Waals surface area contributed by atoms with Gasteiger partial charge in [0, 0.05) is 25.4 Å².